The Hall–Kier alpha value is -4.17. The van der Waals surface area contributed by atoms with Crippen LogP contribution in [0.3, 0.4) is 0 Å². The van der Waals surface area contributed by atoms with E-state index in [0.717, 1.165) is 44.1 Å². The lowest BCUT2D eigenvalue weighted by atomic mass is 9.67. The number of H-pyrrole nitrogens is 1. The Morgan fingerprint density at radius 1 is 1.06 bits per heavy atom. The van der Waals surface area contributed by atoms with Crippen LogP contribution in [0.15, 0.2) is 60.2 Å². The fourth-order valence-electron chi connectivity index (χ4n) is 6.48. The SMILES string of the molecule is Cc1cccc2c3c([nH]c12)C1=C(C#N)C(=O)NC1(C1C(=O)c2cccc4cccc1c24)CC3. The Bertz CT molecular complexity index is 1660. The van der Waals surface area contributed by atoms with Gasteiger partial charge in [-0.15, -0.1) is 0 Å². The van der Waals surface area contributed by atoms with Crippen molar-refractivity contribution < 1.29 is 9.59 Å². The van der Waals surface area contributed by atoms with Gasteiger partial charge in [-0.3, -0.25) is 9.59 Å². The van der Waals surface area contributed by atoms with E-state index in [9.17, 15) is 14.9 Å². The number of rotatable bonds is 1. The van der Waals surface area contributed by atoms with Crippen molar-refractivity contribution in [2.75, 3.05) is 0 Å². The Kier molecular flexibility index (Phi) is 3.34. The van der Waals surface area contributed by atoms with Gasteiger partial charge in [0.05, 0.1) is 11.5 Å². The van der Waals surface area contributed by atoms with Crippen LogP contribution in [-0.2, 0) is 11.2 Å². The standard InChI is InChI=1S/C28H19N3O2/c1-14-5-2-8-16-17-11-12-28(22(25(17)30-24(14)16)20(13-29)27(33)31-28)23-18-9-3-6-15-7-4-10-19(21(15)18)26(23)32/h2-10,23,30H,11-12H2,1H3,(H,31,33). The number of hydrogen-bond acceptors (Lipinski definition) is 3. The van der Waals surface area contributed by atoms with Gasteiger partial charge in [0.1, 0.15) is 11.6 Å². The lowest BCUT2D eigenvalue weighted by molar-refractivity contribution is -0.117. The lowest BCUT2D eigenvalue weighted by Gasteiger charge is -2.40. The minimum absolute atomic E-state index is 0.00883. The number of carbonyl (C=O) groups excluding carboxylic acids is 2. The van der Waals surface area contributed by atoms with Crippen molar-refractivity contribution in [3.8, 4) is 6.07 Å². The van der Waals surface area contributed by atoms with Crippen molar-refractivity contribution >= 4 is 38.9 Å². The second-order valence-electron chi connectivity index (χ2n) is 9.31. The van der Waals surface area contributed by atoms with Crippen LogP contribution >= 0.6 is 0 Å². The lowest BCUT2D eigenvalue weighted by Crippen LogP contribution is -2.52. The van der Waals surface area contributed by atoms with Gasteiger partial charge in [0.25, 0.3) is 5.91 Å². The number of fused-ring (bicyclic) bond motifs is 5. The van der Waals surface area contributed by atoms with E-state index in [1.165, 1.54) is 0 Å². The highest BCUT2D eigenvalue weighted by Crippen LogP contribution is 2.55. The number of nitriles is 1. The Balaban J connectivity index is 1.55. The predicted octanol–water partition coefficient (Wildman–Crippen LogP) is 4.70. The molecule has 0 spiro atoms. The smallest absolute Gasteiger partial charge is 0.263 e. The van der Waals surface area contributed by atoms with Gasteiger partial charge in [0, 0.05) is 27.7 Å². The first-order valence-electron chi connectivity index (χ1n) is 11.2. The van der Waals surface area contributed by atoms with E-state index < -0.39 is 17.4 Å². The molecular formula is C28H19N3O2. The molecular weight excluding hydrogens is 410 g/mol. The van der Waals surface area contributed by atoms with Crippen molar-refractivity contribution in [3.05, 3.63) is 88.1 Å². The summed E-state index contributed by atoms with van der Waals surface area (Å²) in [5.41, 5.74) is 5.49. The number of hydrogen-bond donors (Lipinski definition) is 2. The van der Waals surface area contributed by atoms with Gasteiger partial charge in [0.15, 0.2) is 5.78 Å². The average molecular weight is 429 g/mol. The number of benzene rings is 3. The molecule has 1 amide bonds. The van der Waals surface area contributed by atoms with Crippen LogP contribution in [0.2, 0.25) is 0 Å². The van der Waals surface area contributed by atoms with E-state index in [-0.39, 0.29) is 11.4 Å². The number of Topliss-reactive ketones (excluding diaryl/α,β-unsaturated/α-hetero) is 1. The summed E-state index contributed by atoms with van der Waals surface area (Å²) in [6.07, 6.45) is 1.27. The minimum Gasteiger partial charge on any atom is -0.354 e. The summed E-state index contributed by atoms with van der Waals surface area (Å²) in [5, 5.41) is 16.3. The van der Waals surface area contributed by atoms with Crippen LogP contribution in [0.1, 0.15) is 45.1 Å². The molecule has 3 aliphatic rings. The van der Waals surface area contributed by atoms with E-state index in [1.54, 1.807) is 0 Å². The summed E-state index contributed by atoms with van der Waals surface area (Å²) in [5.74, 6) is -0.953. The molecule has 2 aliphatic carbocycles. The fourth-order valence-corrected chi connectivity index (χ4v) is 6.48. The number of amides is 1. The molecule has 0 saturated heterocycles. The molecule has 2 heterocycles. The third-order valence-electron chi connectivity index (χ3n) is 7.81. The van der Waals surface area contributed by atoms with Crippen molar-refractivity contribution in [1.82, 2.24) is 10.3 Å². The molecule has 0 bridgehead atoms. The van der Waals surface area contributed by atoms with Gasteiger partial charge in [-0.05, 0) is 47.2 Å². The maximum Gasteiger partial charge on any atom is 0.263 e. The number of nitrogens with one attached hydrogen (secondary N) is 2. The first-order valence-corrected chi connectivity index (χ1v) is 11.2. The van der Waals surface area contributed by atoms with Crippen molar-refractivity contribution in [2.24, 2.45) is 0 Å². The van der Waals surface area contributed by atoms with Crippen LogP contribution in [0, 0.1) is 18.3 Å². The molecule has 7 rings (SSSR count). The van der Waals surface area contributed by atoms with Crippen molar-refractivity contribution in [1.29, 1.82) is 5.26 Å². The molecule has 5 nitrogen and oxygen atoms in total. The van der Waals surface area contributed by atoms with Crippen LogP contribution in [0.5, 0.6) is 0 Å². The van der Waals surface area contributed by atoms with E-state index in [4.69, 9.17) is 0 Å². The number of aromatic nitrogens is 1. The maximum absolute atomic E-state index is 13.9. The number of aromatic amines is 1. The molecule has 3 aromatic carbocycles. The second-order valence-corrected chi connectivity index (χ2v) is 9.31. The molecule has 1 aliphatic heterocycles. The monoisotopic (exact) mass is 429 g/mol. The number of para-hydroxylation sites is 1. The Morgan fingerprint density at radius 3 is 2.67 bits per heavy atom. The average Bonchev–Trinajstić information content (AvgIpc) is 3.43. The van der Waals surface area contributed by atoms with Gasteiger partial charge in [-0.25, -0.2) is 0 Å². The molecule has 2 N–H and O–H groups in total. The molecule has 5 heteroatoms. The predicted molar refractivity (Wildman–Crippen MR) is 126 cm³/mol. The van der Waals surface area contributed by atoms with E-state index in [0.29, 0.717) is 24.0 Å². The van der Waals surface area contributed by atoms with Crippen molar-refractivity contribution in [2.45, 2.75) is 31.2 Å². The van der Waals surface area contributed by atoms with Crippen LogP contribution in [-0.4, -0.2) is 22.2 Å². The zero-order valence-corrected chi connectivity index (χ0v) is 18.0. The van der Waals surface area contributed by atoms with Crippen LogP contribution < -0.4 is 5.32 Å². The van der Waals surface area contributed by atoms with E-state index in [2.05, 4.69) is 22.4 Å². The van der Waals surface area contributed by atoms with Gasteiger partial charge in [-0.2, -0.15) is 5.26 Å². The van der Waals surface area contributed by atoms with E-state index in [1.807, 2.05) is 55.5 Å². The fraction of sp³-hybridized carbons (Fsp3) is 0.179. The second kappa shape index (κ2) is 5.99. The number of aryl methyl sites for hydroxylation is 2. The summed E-state index contributed by atoms with van der Waals surface area (Å²) >= 11 is 0. The molecule has 0 saturated carbocycles. The third-order valence-corrected chi connectivity index (χ3v) is 7.81. The molecule has 33 heavy (non-hydrogen) atoms. The largest absolute Gasteiger partial charge is 0.354 e. The van der Waals surface area contributed by atoms with Crippen molar-refractivity contribution in [3.63, 3.8) is 0 Å². The van der Waals surface area contributed by atoms with E-state index >= 15 is 0 Å². The highest BCUT2D eigenvalue weighted by Gasteiger charge is 2.58. The molecule has 1 aromatic heterocycles. The normalized spacial score (nSPS) is 23.1. The van der Waals surface area contributed by atoms with Gasteiger partial charge < -0.3 is 10.3 Å². The molecule has 0 fully saturated rings. The van der Waals surface area contributed by atoms with Crippen LogP contribution in [0.4, 0.5) is 0 Å². The molecule has 2 atom stereocenters. The third kappa shape index (κ3) is 2.06. The van der Waals surface area contributed by atoms with Gasteiger partial charge in [0.2, 0.25) is 0 Å². The van der Waals surface area contributed by atoms with Gasteiger partial charge in [-0.1, -0.05) is 54.6 Å². The quantitative estimate of drug-likeness (QED) is 0.460. The zero-order valence-electron chi connectivity index (χ0n) is 18.0. The Morgan fingerprint density at radius 2 is 1.85 bits per heavy atom. The molecule has 2 unspecified atom stereocenters. The number of nitrogens with zero attached hydrogens (tertiary/aromatic N) is 1. The maximum atomic E-state index is 13.9. The summed E-state index contributed by atoms with van der Waals surface area (Å²) in [6.45, 7) is 2.05. The first kappa shape index (κ1) is 18.4. The molecule has 0 radical (unpaired) electrons. The number of carbonyl (C=O) groups is 2. The highest BCUT2D eigenvalue weighted by molar-refractivity contribution is 6.22. The summed E-state index contributed by atoms with van der Waals surface area (Å²) < 4.78 is 0. The summed E-state index contributed by atoms with van der Waals surface area (Å²) in [4.78, 5) is 30.6. The first-order chi connectivity index (χ1) is 16.0. The zero-order chi connectivity index (χ0) is 22.5. The Labute approximate surface area is 189 Å². The minimum atomic E-state index is -0.950. The van der Waals surface area contributed by atoms with Gasteiger partial charge >= 0.3 is 0 Å². The van der Waals surface area contributed by atoms with Crippen LogP contribution in [0.25, 0.3) is 27.2 Å². The summed E-state index contributed by atoms with van der Waals surface area (Å²) in [6, 6.07) is 20.1. The molecule has 4 aromatic rings. The summed E-state index contributed by atoms with van der Waals surface area (Å²) in [7, 11) is 0. The topological polar surface area (TPSA) is 85.8 Å². The highest BCUT2D eigenvalue weighted by atomic mass is 16.2. The molecule has 158 valence electrons. The number of ketones is 1.